The number of rotatable bonds is 3. The van der Waals surface area contributed by atoms with Crippen molar-refractivity contribution in [3.05, 3.63) is 45.6 Å². The maximum Gasteiger partial charge on any atom is 0.276 e. The Hall–Kier alpha value is -2.28. The lowest BCUT2D eigenvalue weighted by molar-refractivity contribution is -0.384. The Balaban J connectivity index is 1.83. The molecule has 3 rings (SSSR count). The van der Waals surface area contributed by atoms with Crippen LogP contribution >= 0.6 is 12.2 Å². The summed E-state index contributed by atoms with van der Waals surface area (Å²) in [5.74, 6) is -0.145. The summed E-state index contributed by atoms with van der Waals surface area (Å²) in [5, 5.41) is 14.2. The zero-order valence-electron chi connectivity index (χ0n) is 12.5. The molecule has 1 saturated heterocycles. The summed E-state index contributed by atoms with van der Waals surface area (Å²) < 4.78 is 0. The fourth-order valence-corrected chi connectivity index (χ4v) is 3.46. The topological polar surface area (TPSA) is 75.5 Å². The van der Waals surface area contributed by atoms with E-state index in [0.717, 1.165) is 25.7 Å². The van der Waals surface area contributed by atoms with E-state index in [0.29, 0.717) is 16.4 Å². The highest BCUT2D eigenvalue weighted by molar-refractivity contribution is 7.80. The van der Waals surface area contributed by atoms with Crippen LogP contribution in [0.25, 0.3) is 6.08 Å². The van der Waals surface area contributed by atoms with Crippen LogP contribution in [0.3, 0.4) is 0 Å². The zero-order chi connectivity index (χ0) is 16.4. The first-order chi connectivity index (χ1) is 11.1. The number of hydrogen-bond donors (Lipinski definition) is 1. The molecule has 0 spiro atoms. The maximum atomic E-state index is 12.6. The minimum absolute atomic E-state index is 0.00323. The Morgan fingerprint density at radius 1 is 1.30 bits per heavy atom. The van der Waals surface area contributed by atoms with Gasteiger partial charge in [0.2, 0.25) is 0 Å². The van der Waals surface area contributed by atoms with Crippen LogP contribution in [0.1, 0.15) is 37.7 Å². The van der Waals surface area contributed by atoms with E-state index in [1.807, 2.05) is 0 Å². The molecule has 0 bridgehead atoms. The lowest BCUT2D eigenvalue weighted by atomic mass is 9.94. The molecule has 0 radical (unpaired) electrons. The molecule has 1 aliphatic carbocycles. The highest BCUT2D eigenvalue weighted by Crippen LogP contribution is 2.27. The first kappa shape index (κ1) is 15.6. The minimum atomic E-state index is -0.454. The second kappa shape index (κ2) is 6.45. The summed E-state index contributed by atoms with van der Waals surface area (Å²) in [5.41, 5.74) is 0.973. The van der Waals surface area contributed by atoms with Gasteiger partial charge in [-0.1, -0.05) is 31.4 Å². The van der Waals surface area contributed by atoms with E-state index in [2.05, 4.69) is 5.32 Å². The van der Waals surface area contributed by atoms with Gasteiger partial charge < -0.3 is 5.32 Å². The van der Waals surface area contributed by atoms with Gasteiger partial charge in [-0.05, 0) is 36.7 Å². The largest absolute Gasteiger partial charge is 0.328 e. The quantitative estimate of drug-likeness (QED) is 0.399. The smallest absolute Gasteiger partial charge is 0.276 e. The van der Waals surface area contributed by atoms with Gasteiger partial charge in [0.1, 0.15) is 5.70 Å². The molecule has 23 heavy (non-hydrogen) atoms. The van der Waals surface area contributed by atoms with Gasteiger partial charge in [0.05, 0.1) is 4.92 Å². The van der Waals surface area contributed by atoms with Crippen LogP contribution in [0.2, 0.25) is 0 Å². The summed E-state index contributed by atoms with van der Waals surface area (Å²) in [4.78, 5) is 24.7. The Kier molecular flexibility index (Phi) is 4.38. The minimum Gasteiger partial charge on any atom is -0.328 e. The number of amides is 1. The van der Waals surface area contributed by atoms with E-state index in [4.69, 9.17) is 12.2 Å². The molecule has 1 amide bonds. The SMILES string of the molecule is O=C1/C(=C/c2cccc([N+](=O)[O-])c2)NC(=S)N1C1CCCCC1. The lowest BCUT2D eigenvalue weighted by Gasteiger charge is -2.29. The third-order valence-corrected chi connectivity index (χ3v) is 4.54. The zero-order valence-corrected chi connectivity index (χ0v) is 13.3. The predicted octanol–water partition coefficient (Wildman–Crippen LogP) is 2.99. The molecule has 0 aromatic heterocycles. The van der Waals surface area contributed by atoms with E-state index in [1.165, 1.54) is 18.6 Å². The Labute approximate surface area is 139 Å². The first-order valence-electron chi connectivity index (χ1n) is 7.67. The summed E-state index contributed by atoms with van der Waals surface area (Å²) in [6, 6.07) is 6.34. The average Bonchev–Trinajstić information content (AvgIpc) is 2.82. The number of carbonyl (C=O) groups is 1. The van der Waals surface area contributed by atoms with Crippen LogP contribution in [0.4, 0.5) is 5.69 Å². The third-order valence-electron chi connectivity index (χ3n) is 4.24. The van der Waals surface area contributed by atoms with Gasteiger partial charge in [-0.3, -0.25) is 19.8 Å². The molecule has 0 unspecified atom stereocenters. The molecule has 1 N–H and O–H groups in total. The van der Waals surface area contributed by atoms with Crippen molar-refractivity contribution in [3.63, 3.8) is 0 Å². The predicted molar refractivity (Wildman–Crippen MR) is 90.5 cm³/mol. The summed E-state index contributed by atoms with van der Waals surface area (Å²) >= 11 is 5.30. The Morgan fingerprint density at radius 3 is 2.74 bits per heavy atom. The fraction of sp³-hybridized carbons (Fsp3) is 0.375. The van der Waals surface area contributed by atoms with Gasteiger partial charge in [-0.2, -0.15) is 0 Å². The molecule has 7 heteroatoms. The number of nitro benzene ring substituents is 1. The second-order valence-electron chi connectivity index (χ2n) is 5.81. The van der Waals surface area contributed by atoms with Crippen LogP contribution in [0, 0.1) is 10.1 Å². The van der Waals surface area contributed by atoms with Gasteiger partial charge in [-0.15, -0.1) is 0 Å². The number of hydrogen-bond acceptors (Lipinski definition) is 4. The lowest BCUT2D eigenvalue weighted by Crippen LogP contribution is -2.41. The number of nitrogens with zero attached hydrogens (tertiary/aromatic N) is 2. The van der Waals surface area contributed by atoms with Crippen LogP contribution in [0.15, 0.2) is 30.0 Å². The van der Waals surface area contributed by atoms with Crippen molar-refractivity contribution < 1.29 is 9.72 Å². The molecule has 2 aliphatic rings. The van der Waals surface area contributed by atoms with Gasteiger partial charge in [0.15, 0.2) is 5.11 Å². The summed E-state index contributed by atoms with van der Waals surface area (Å²) in [7, 11) is 0. The highest BCUT2D eigenvalue weighted by atomic mass is 32.1. The van der Waals surface area contributed by atoms with Crippen molar-refractivity contribution in [2.24, 2.45) is 0 Å². The Morgan fingerprint density at radius 2 is 2.04 bits per heavy atom. The summed E-state index contributed by atoms with van der Waals surface area (Å²) in [6.07, 6.45) is 6.98. The number of nitrogens with one attached hydrogen (secondary N) is 1. The van der Waals surface area contributed by atoms with Crippen LogP contribution < -0.4 is 5.32 Å². The molecule has 1 saturated carbocycles. The van der Waals surface area contributed by atoms with Gasteiger partial charge in [0, 0.05) is 18.2 Å². The van der Waals surface area contributed by atoms with Crippen molar-refractivity contribution in [2.45, 2.75) is 38.1 Å². The number of non-ortho nitro benzene ring substituents is 1. The van der Waals surface area contributed by atoms with E-state index >= 15 is 0 Å². The van der Waals surface area contributed by atoms with E-state index in [9.17, 15) is 14.9 Å². The van der Waals surface area contributed by atoms with Crippen LogP contribution in [0.5, 0.6) is 0 Å². The number of carbonyl (C=O) groups excluding carboxylic acids is 1. The van der Waals surface area contributed by atoms with Crippen molar-refractivity contribution in [1.29, 1.82) is 0 Å². The second-order valence-corrected chi connectivity index (χ2v) is 6.19. The molecule has 120 valence electrons. The molecular formula is C16H17N3O3S. The van der Waals surface area contributed by atoms with E-state index in [-0.39, 0.29) is 17.6 Å². The molecule has 1 heterocycles. The van der Waals surface area contributed by atoms with Gasteiger partial charge >= 0.3 is 0 Å². The van der Waals surface area contributed by atoms with Crippen molar-refractivity contribution in [1.82, 2.24) is 10.2 Å². The molecule has 6 nitrogen and oxygen atoms in total. The number of thiocarbonyl (C=S) groups is 1. The number of nitro groups is 1. The van der Waals surface area contributed by atoms with Crippen LogP contribution in [-0.2, 0) is 4.79 Å². The molecular weight excluding hydrogens is 314 g/mol. The van der Waals surface area contributed by atoms with Gasteiger partial charge in [0.25, 0.3) is 11.6 Å². The maximum absolute atomic E-state index is 12.6. The average molecular weight is 331 g/mol. The van der Waals surface area contributed by atoms with Crippen LogP contribution in [-0.4, -0.2) is 26.9 Å². The van der Waals surface area contributed by atoms with E-state index in [1.54, 1.807) is 23.1 Å². The first-order valence-corrected chi connectivity index (χ1v) is 8.08. The van der Waals surface area contributed by atoms with Gasteiger partial charge in [-0.25, -0.2) is 0 Å². The normalized spacial score (nSPS) is 20.9. The molecule has 2 fully saturated rings. The summed E-state index contributed by atoms with van der Waals surface area (Å²) in [6.45, 7) is 0. The van der Waals surface area contributed by atoms with E-state index < -0.39 is 4.92 Å². The highest BCUT2D eigenvalue weighted by Gasteiger charge is 2.36. The molecule has 1 aliphatic heterocycles. The number of benzene rings is 1. The van der Waals surface area contributed by atoms with Crippen molar-refractivity contribution in [2.75, 3.05) is 0 Å². The third kappa shape index (κ3) is 3.24. The fourth-order valence-electron chi connectivity index (χ4n) is 3.11. The standard InChI is InChI=1S/C16H17N3O3S/c20-15-14(10-11-5-4-8-13(9-11)19(21)22)17-16(23)18(15)12-6-2-1-3-7-12/h4-5,8-10,12H,1-3,6-7H2,(H,17,23)/b14-10-. The molecule has 1 aromatic carbocycles. The molecule has 1 aromatic rings. The monoisotopic (exact) mass is 331 g/mol. The molecule has 0 atom stereocenters. The Bertz CT molecular complexity index is 696. The van der Waals surface area contributed by atoms with Crippen molar-refractivity contribution >= 4 is 35.0 Å². The van der Waals surface area contributed by atoms with Crippen molar-refractivity contribution in [3.8, 4) is 0 Å².